The SMILES string of the molecule is CNc1nc(C2(CN)CCC2)cs1. The first kappa shape index (κ1) is 8.97. The van der Waals surface area contributed by atoms with Crippen LogP contribution in [0.1, 0.15) is 25.0 Å². The molecular weight excluding hydrogens is 182 g/mol. The quantitative estimate of drug-likeness (QED) is 0.773. The molecule has 2 rings (SSSR count). The van der Waals surface area contributed by atoms with E-state index in [2.05, 4.69) is 15.7 Å². The number of rotatable bonds is 3. The summed E-state index contributed by atoms with van der Waals surface area (Å²) >= 11 is 1.66. The summed E-state index contributed by atoms with van der Waals surface area (Å²) in [6, 6.07) is 0. The molecular formula is C9H15N3S. The van der Waals surface area contributed by atoms with Gasteiger partial charge in [-0.25, -0.2) is 4.98 Å². The van der Waals surface area contributed by atoms with E-state index in [4.69, 9.17) is 5.73 Å². The molecule has 3 N–H and O–H groups in total. The van der Waals surface area contributed by atoms with Gasteiger partial charge in [0.2, 0.25) is 0 Å². The van der Waals surface area contributed by atoms with Gasteiger partial charge in [-0.2, -0.15) is 0 Å². The third-order valence-electron chi connectivity index (χ3n) is 2.96. The summed E-state index contributed by atoms with van der Waals surface area (Å²) in [6.45, 7) is 0.736. The normalized spacial score (nSPS) is 19.5. The molecule has 1 aliphatic rings. The molecule has 1 aromatic heterocycles. The van der Waals surface area contributed by atoms with Crippen molar-refractivity contribution in [1.82, 2.24) is 4.98 Å². The number of aromatic nitrogens is 1. The number of nitrogens with zero attached hydrogens (tertiary/aromatic N) is 1. The lowest BCUT2D eigenvalue weighted by Crippen LogP contribution is -2.41. The van der Waals surface area contributed by atoms with E-state index in [0.29, 0.717) is 0 Å². The van der Waals surface area contributed by atoms with Gasteiger partial charge in [0.15, 0.2) is 5.13 Å². The van der Waals surface area contributed by atoms with Gasteiger partial charge in [-0.1, -0.05) is 6.42 Å². The van der Waals surface area contributed by atoms with Crippen LogP contribution >= 0.6 is 11.3 Å². The lowest BCUT2D eigenvalue weighted by Gasteiger charge is -2.39. The molecule has 0 aliphatic heterocycles. The lowest BCUT2D eigenvalue weighted by molar-refractivity contribution is 0.247. The Bertz CT molecular complexity index is 285. The van der Waals surface area contributed by atoms with Crippen LogP contribution in [0.3, 0.4) is 0 Å². The first-order valence-corrected chi connectivity index (χ1v) is 5.52. The van der Waals surface area contributed by atoms with Crippen LogP contribution in [0.15, 0.2) is 5.38 Å². The van der Waals surface area contributed by atoms with Crippen molar-refractivity contribution < 1.29 is 0 Å². The monoisotopic (exact) mass is 197 g/mol. The van der Waals surface area contributed by atoms with Gasteiger partial charge in [0, 0.05) is 24.4 Å². The van der Waals surface area contributed by atoms with Crippen LogP contribution in [0, 0.1) is 0 Å². The highest BCUT2D eigenvalue weighted by molar-refractivity contribution is 7.13. The third kappa shape index (κ3) is 1.34. The zero-order valence-corrected chi connectivity index (χ0v) is 8.66. The fraction of sp³-hybridized carbons (Fsp3) is 0.667. The molecule has 1 heterocycles. The summed E-state index contributed by atoms with van der Waals surface area (Å²) in [5, 5.41) is 6.19. The first-order valence-electron chi connectivity index (χ1n) is 4.64. The summed E-state index contributed by atoms with van der Waals surface area (Å²) in [4.78, 5) is 4.52. The van der Waals surface area contributed by atoms with Gasteiger partial charge in [-0.3, -0.25) is 0 Å². The van der Waals surface area contributed by atoms with E-state index in [1.807, 2.05) is 7.05 Å². The first-order chi connectivity index (χ1) is 6.30. The van der Waals surface area contributed by atoms with Crippen LogP contribution in [-0.2, 0) is 5.41 Å². The van der Waals surface area contributed by atoms with Crippen molar-refractivity contribution in [3.63, 3.8) is 0 Å². The molecule has 1 fully saturated rings. The van der Waals surface area contributed by atoms with Crippen LogP contribution in [-0.4, -0.2) is 18.6 Å². The van der Waals surface area contributed by atoms with Crippen molar-refractivity contribution in [2.24, 2.45) is 5.73 Å². The Morgan fingerprint density at radius 3 is 2.85 bits per heavy atom. The van der Waals surface area contributed by atoms with Crippen LogP contribution in [0.4, 0.5) is 5.13 Å². The topological polar surface area (TPSA) is 50.9 Å². The van der Waals surface area contributed by atoms with Crippen LogP contribution in [0.2, 0.25) is 0 Å². The summed E-state index contributed by atoms with van der Waals surface area (Å²) in [5.41, 5.74) is 7.20. The van der Waals surface area contributed by atoms with Crippen LogP contribution < -0.4 is 11.1 Å². The molecule has 0 radical (unpaired) electrons. The highest BCUT2D eigenvalue weighted by Crippen LogP contribution is 2.43. The van der Waals surface area contributed by atoms with Crippen molar-refractivity contribution in [2.75, 3.05) is 18.9 Å². The summed E-state index contributed by atoms with van der Waals surface area (Å²) in [7, 11) is 1.90. The maximum absolute atomic E-state index is 5.80. The molecule has 0 saturated heterocycles. The Kier molecular flexibility index (Phi) is 2.26. The summed E-state index contributed by atoms with van der Waals surface area (Å²) in [6.07, 6.45) is 3.70. The van der Waals surface area contributed by atoms with E-state index in [9.17, 15) is 0 Å². The Hall–Kier alpha value is -0.610. The molecule has 0 aromatic carbocycles. The smallest absolute Gasteiger partial charge is 0.182 e. The number of nitrogens with two attached hydrogens (primary N) is 1. The van der Waals surface area contributed by atoms with Crippen molar-refractivity contribution in [2.45, 2.75) is 24.7 Å². The minimum absolute atomic E-state index is 0.214. The highest BCUT2D eigenvalue weighted by atomic mass is 32.1. The molecule has 1 saturated carbocycles. The minimum Gasteiger partial charge on any atom is -0.365 e. The van der Waals surface area contributed by atoms with E-state index in [1.54, 1.807) is 11.3 Å². The van der Waals surface area contributed by atoms with Crippen LogP contribution in [0.25, 0.3) is 0 Å². The standard InChI is InChI=1S/C9H15N3S/c1-11-8-12-7(5-13-8)9(6-10)3-2-4-9/h5H,2-4,6,10H2,1H3,(H,11,12). The van der Waals surface area contributed by atoms with E-state index in [-0.39, 0.29) is 5.41 Å². The highest BCUT2D eigenvalue weighted by Gasteiger charge is 2.39. The number of hydrogen-bond acceptors (Lipinski definition) is 4. The molecule has 0 unspecified atom stereocenters. The average molecular weight is 197 g/mol. The van der Waals surface area contributed by atoms with Gasteiger partial charge >= 0.3 is 0 Å². The number of nitrogens with one attached hydrogen (secondary N) is 1. The molecule has 3 nitrogen and oxygen atoms in total. The fourth-order valence-electron chi connectivity index (χ4n) is 1.80. The molecule has 72 valence electrons. The van der Waals surface area contributed by atoms with E-state index < -0.39 is 0 Å². The second kappa shape index (κ2) is 3.27. The molecule has 1 aliphatic carbocycles. The predicted octanol–water partition coefficient (Wildman–Crippen LogP) is 1.57. The minimum atomic E-state index is 0.214. The lowest BCUT2D eigenvalue weighted by atomic mass is 9.67. The Labute approximate surface area is 82.4 Å². The van der Waals surface area contributed by atoms with Gasteiger partial charge in [0.25, 0.3) is 0 Å². The summed E-state index contributed by atoms with van der Waals surface area (Å²) in [5.74, 6) is 0. The Morgan fingerprint density at radius 2 is 2.46 bits per heavy atom. The zero-order valence-electron chi connectivity index (χ0n) is 7.84. The number of anilines is 1. The van der Waals surface area contributed by atoms with Gasteiger partial charge in [-0.15, -0.1) is 11.3 Å². The zero-order chi connectivity index (χ0) is 9.31. The predicted molar refractivity (Wildman–Crippen MR) is 56.2 cm³/mol. The largest absolute Gasteiger partial charge is 0.365 e. The molecule has 1 aromatic rings. The van der Waals surface area contributed by atoms with Crippen molar-refractivity contribution in [3.8, 4) is 0 Å². The van der Waals surface area contributed by atoms with Gasteiger partial charge < -0.3 is 11.1 Å². The molecule has 0 atom stereocenters. The third-order valence-corrected chi connectivity index (χ3v) is 3.82. The summed E-state index contributed by atoms with van der Waals surface area (Å²) < 4.78 is 0. The maximum atomic E-state index is 5.80. The van der Waals surface area contributed by atoms with E-state index in [0.717, 1.165) is 11.7 Å². The van der Waals surface area contributed by atoms with E-state index in [1.165, 1.54) is 25.0 Å². The maximum Gasteiger partial charge on any atom is 0.182 e. The molecule has 4 heteroatoms. The van der Waals surface area contributed by atoms with Crippen molar-refractivity contribution in [1.29, 1.82) is 0 Å². The van der Waals surface area contributed by atoms with Gasteiger partial charge in [0.05, 0.1) is 5.69 Å². The second-order valence-electron chi connectivity index (χ2n) is 3.63. The Morgan fingerprint density at radius 1 is 1.69 bits per heavy atom. The molecule has 0 spiro atoms. The van der Waals surface area contributed by atoms with Gasteiger partial charge in [0.1, 0.15) is 0 Å². The fourth-order valence-corrected chi connectivity index (χ4v) is 2.60. The second-order valence-corrected chi connectivity index (χ2v) is 4.48. The molecule has 13 heavy (non-hydrogen) atoms. The van der Waals surface area contributed by atoms with Crippen LogP contribution in [0.5, 0.6) is 0 Å². The van der Waals surface area contributed by atoms with E-state index >= 15 is 0 Å². The molecule has 0 bridgehead atoms. The molecule has 0 amide bonds. The number of thiazole rings is 1. The van der Waals surface area contributed by atoms with Crippen molar-refractivity contribution >= 4 is 16.5 Å². The number of hydrogen-bond donors (Lipinski definition) is 2. The Balaban J connectivity index is 2.23. The average Bonchev–Trinajstić information content (AvgIpc) is 2.52. The van der Waals surface area contributed by atoms with Gasteiger partial charge in [-0.05, 0) is 12.8 Å². The van der Waals surface area contributed by atoms with Crippen molar-refractivity contribution in [3.05, 3.63) is 11.1 Å².